The number of aliphatic hydroxyl groups is 3. The third-order valence-corrected chi connectivity index (χ3v) is 11.3. The Balaban J connectivity index is 2.48. The molecule has 0 bridgehead atoms. The van der Waals surface area contributed by atoms with Gasteiger partial charge < -0.3 is 40.5 Å². The molecule has 0 spiro atoms. The lowest BCUT2D eigenvalue weighted by Crippen LogP contribution is -2.34. The van der Waals surface area contributed by atoms with Crippen molar-refractivity contribution in [1.82, 2.24) is 0 Å². The van der Waals surface area contributed by atoms with Gasteiger partial charge in [0.15, 0.2) is 6.10 Å². The molecule has 0 aromatic carbocycles. The van der Waals surface area contributed by atoms with Gasteiger partial charge in [0.05, 0.1) is 31.5 Å². The number of phosphoric ester groups is 1. The highest BCUT2D eigenvalue weighted by atomic mass is 31.2. The molecule has 0 aliphatic heterocycles. The summed E-state index contributed by atoms with van der Waals surface area (Å²) in [7, 11) is -4.79. The van der Waals surface area contributed by atoms with Crippen LogP contribution in [0.5, 0.6) is 0 Å². The predicted octanol–water partition coefficient (Wildman–Crippen LogP) is 8.33. The topological polar surface area (TPSA) is 232 Å². The number of hydrogen-bond donors (Lipinski definition) is 6. The zero-order valence-corrected chi connectivity index (χ0v) is 37.7. The predicted molar refractivity (Wildman–Crippen MR) is 237 cm³/mol. The summed E-state index contributed by atoms with van der Waals surface area (Å²) in [5.41, 5.74) is 5.33. The van der Waals surface area contributed by atoms with E-state index in [1.807, 2.05) is 6.08 Å². The molecule has 1 rings (SSSR count). The third kappa shape index (κ3) is 29.9. The van der Waals surface area contributed by atoms with Crippen molar-refractivity contribution in [3.8, 4) is 0 Å². The van der Waals surface area contributed by atoms with E-state index >= 15 is 0 Å². The number of rotatable bonds is 37. The number of ether oxygens (including phenoxy) is 2. The van der Waals surface area contributed by atoms with Gasteiger partial charge in [-0.15, -0.1) is 0 Å². The molecule has 8 atom stereocenters. The maximum Gasteiger partial charge on any atom is 0.472 e. The highest BCUT2D eigenvalue weighted by Crippen LogP contribution is 2.43. The second kappa shape index (κ2) is 35.5. The molecular formula is C46H78NO13P. The summed E-state index contributed by atoms with van der Waals surface area (Å²) in [6.07, 6.45) is 33.5. The van der Waals surface area contributed by atoms with E-state index in [4.69, 9.17) is 24.8 Å². The number of carboxylic acids is 1. The summed E-state index contributed by atoms with van der Waals surface area (Å²) in [5.74, 6) is -2.95. The first kappa shape index (κ1) is 56.1. The smallest absolute Gasteiger partial charge is 0.472 e. The van der Waals surface area contributed by atoms with Gasteiger partial charge >= 0.3 is 25.7 Å². The molecule has 1 unspecified atom stereocenters. The van der Waals surface area contributed by atoms with E-state index in [0.717, 1.165) is 83.5 Å². The molecule has 0 heterocycles. The number of aliphatic carboxylic acids is 1. The maximum absolute atomic E-state index is 12.8. The number of allylic oxidation sites excluding steroid dienone is 8. The van der Waals surface area contributed by atoms with Gasteiger partial charge in [-0.05, 0) is 70.1 Å². The molecule has 7 N–H and O–H groups in total. The van der Waals surface area contributed by atoms with Gasteiger partial charge in [0.25, 0.3) is 0 Å². The maximum atomic E-state index is 12.8. The number of carbonyl (C=O) groups excluding carboxylic acids is 2. The van der Waals surface area contributed by atoms with Gasteiger partial charge in [-0.3, -0.25) is 23.4 Å². The Labute approximate surface area is 365 Å². The molecule has 14 nitrogen and oxygen atoms in total. The number of hydrogen-bond acceptors (Lipinski definition) is 12. The van der Waals surface area contributed by atoms with Crippen molar-refractivity contribution in [1.29, 1.82) is 0 Å². The molecule has 1 aliphatic rings. The average Bonchev–Trinajstić information content (AvgIpc) is 3.49. The molecule has 1 aliphatic carbocycles. The Bertz CT molecular complexity index is 1380. The average molecular weight is 884 g/mol. The number of nitrogens with two attached hydrogens (primary N) is 1. The minimum atomic E-state index is -4.79. The van der Waals surface area contributed by atoms with Gasteiger partial charge in [-0.2, -0.15) is 0 Å². The summed E-state index contributed by atoms with van der Waals surface area (Å²) >= 11 is 0. The molecule has 0 aromatic rings. The lowest BCUT2D eigenvalue weighted by molar-refractivity contribution is -0.161. The molecule has 0 saturated heterocycles. The summed E-state index contributed by atoms with van der Waals surface area (Å²) in [4.78, 5) is 46.2. The first-order valence-electron chi connectivity index (χ1n) is 22.6. The Morgan fingerprint density at radius 3 is 1.97 bits per heavy atom. The zero-order valence-electron chi connectivity index (χ0n) is 36.8. The number of esters is 2. The van der Waals surface area contributed by atoms with Crippen LogP contribution in [-0.4, -0.2) is 93.5 Å². The molecule has 0 aromatic heterocycles. The molecule has 350 valence electrons. The van der Waals surface area contributed by atoms with E-state index < -0.39 is 76.0 Å². The fraction of sp³-hybridized carbons (Fsp3) is 0.717. The Morgan fingerprint density at radius 1 is 0.738 bits per heavy atom. The molecular weight excluding hydrogens is 805 g/mol. The van der Waals surface area contributed by atoms with E-state index in [0.29, 0.717) is 38.5 Å². The minimum absolute atomic E-state index is 0.0260. The van der Waals surface area contributed by atoms with Crippen molar-refractivity contribution in [2.45, 2.75) is 179 Å². The van der Waals surface area contributed by atoms with Gasteiger partial charge in [0.1, 0.15) is 12.6 Å². The lowest BCUT2D eigenvalue weighted by Gasteiger charge is -2.21. The summed E-state index contributed by atoms with van der Waals surface area (Å²) in [6.45, 7) is 2.34. The largest absolute Gasteiger partial charge is 0.480 e. The second-order valence-electron chi connectivity index (χ2n) is 15.8. The Kier molecular flexibility index (Phi) is 32.6. The molecule has 1 saturated carbocycles. The van der Waals surface area contributed by atoms with Crippen LogP contribution in [0.2, 0.25) is 0 Å². The van der Waals surface area contributed by atoms with Crippen LogP contribution >= 0.6 is 7.82 Å². The normalized spacial score (nSPS) is 20.9. The fourth-order valence-electron chi connectivity index (χ4n) is 6.80. The first-order chi connectivity index (χ1) is 29.3. The van der Waals surface area contributed by atoms with Gasteiger partial charge in [-0.1, -0.05) is 126 Å². The monoisotopic (exact) mass is 884 g/mol. The van der Waals surface area contributed by atoms with E-state index in [9.17, 15) is 39.2 Å². The van der Waals surface area contributed by atoms with Crippen LogP contribution in [-0.2, 0) is 37.5 Å². The van der Waals surface area contributed by atoms with Crippen LogP contribution in [0.3, 0.4) is 0 Å². The van der Waals surface area contributed by atoms with Crippen LogP contribution in [0.1, 0.15) is 149 Å². The van der Waals surface area contributed by atoms with Gasteiger partial charge in [-0.25, -0.2) is 4.57 Å². The zero-order chi connectivity index (χ0) is 45.1. The van der Waals surface area contributed by atoms with Crippen LogP contribution in [0.25, 0.3) is 0 Å². The number of carboxylic acid groups (broad SMARTS) is 1. The van der Waals surface area contributed by atoms with Crippen molar-refractivity contribution in [2.75, 3.05) is 19.8 Å². The quantitative estimate of drug-likeness (QED) is 0.0149. The highest BCUT2D eigenvalue weighted by molar-refractivity contribution is 7.47. The summed E-state index contributed by atoms with van der Waals surface area (Å²) in [5, 5.41) is 40.3. The van der Waals surface area contributed by atoms with Gasteiger partial charge in [0, 0.05) is 25.2 Å². The summed E-state index contributed by atoms with van der Waals surface area (Å²) < 4.78 is 32.7. The van der Waals surface area contributed by atoms with E-state index in [1.54, 1.807) is 6.08 Å². The van der Waals surface area contributed by atoms with E-state index in [2.05, 4.69) is 67.0 Å². The molecule has 0 radical (unpaired) electrons. The van der Waals surface area contributed by atoms with Crippen LogP contribution < -0.4 is 5.73 Å². The molecule has 15 heteroatoms. The number of carbonyl (C=O) groups is 3. The van der Waals surface area contributed by atoms with E-state index in [1.165, 1.54) is 0 Å². The van der Waals surface area contributed by atoms with E-state index in [-0.39, 0.29) is 24.7 Å². The SMILES string of the molecule is CC/C=C\C/C=C\C/C=C\C/C=C\CCCCCCC(=O)OC[C@H](COP(=O)(O)OC[C@H](N)C(=O)O)OC(=O)CCCCCC[C@@H]1[C@@H](/C=C/[C@@H](O)CCCCC)[C@H](O)C[C@@H]1O. The standard InChI is InChI=1S/C46H78NO13P/c1-3-5-7-8-9-10-11-12-13-14-15-16-17-18-19-20-25-29-44(51)57-34-38(35-58-61(55,56)59-36-41(47)46(53)54)60-45(52)30-26-22-21-24-28-39-40(43(50)33-42(39)49)32-31-37(48)27-23-6-4-2/h5,7,9-10,12-13,15-16,31-32,37-43,48-50H,3-4,6,8,11,14,17-30,33-36,47H2,1-2H3,(H,53,54)(H,55,56)/b7-5-,10-9-,13-12-,16-15-,32-31+/t37-,38+,39+,40+,41-,42-,43+/m0/s1. The minimum Gasteiger partial charge on any atom is -0.480 e. The molecule has 1 fully saturated rings. The lowest BCUT2D eigenvalue weighted by atomic mass is 9.88. The van der Waals surface area contributed by atoms with Crippen molar-refractivity contribution in [2.24, 2.45) is 17.6 Å². The Hall–Kier alpha value is -2.94. The van der Waals surface area contributed by atoms with Crippen molar-refractivity contribution < 1.29 is 62.8 Å². The highest BCUT2D eigenvalue weighted by Gasteiger charge is 2.39. The van der Waals surface area contributed by atoms with Crippen molar-refractivity contribution >= 4 is 25.7 Å². The second-order valence-corrected chi connectivity index (χ2v) is 17.2. The number of aliphatic hydroxyl groups excluding tert-OH is 3. The summed E-state index contributed by atoms with van der Waals surface area (Å²) in [6, 6.07) is -1.56. The number of phosphoric acid groups is 1. The first-order valence-corrected chi connectivity index (χ1v) is 24.1. The Morgan fingerprint density at radius 2 is 1.33 bits per heavy atom. The van der Waals surface area contributed by atoms with Crippen molar-refractivity contribution in [3.63, 3.8) is 0 Å². The van der Waals surface area contributed by atoms with Crippen molar-refractivity contribution in [3.05, 3.63) is 60.8 Å². The van der Waals surface area contributed by atoms with Crippen LogP contribution in [0, 0.1) is 11.8 Å². The third-order valence-electron chi connectivity index (χ3n) is 10.4. The van der Waals surface area contributed by atoms with Gasteiger partial charge in [0.2, 0.25) is 0 Å². The molecule has 0 amide bonds. The number of unbranched alkanes of at least 4 members (excludes halogenated alkanes) is 9. The van der Waals surface area contributed by atoms with Crippen LogP contribution in [0.4, 0.5) is 0 Å². The van der Waals surface area contributed by atoms with Crippen LogP contribution in [0.15, 0.2) is 60.8 Å². The fourth-order valence-corrected chi connectivity index (χ4v) is 7.58. The molecule has 61 heavy (non-hydrogen) atoms.